The molecule has 1 aliphatic rings. The van der Waals surface area contributed by atoms with Gasteiger partial charge in [0.25, 0.3) is 0 Å². The lowest BCUT2D eigenvalue weighted by Crippen LogP contribution is -2.43. The lowest BCUT2D eigenvalue weighted by atomic mass is 9.98. The van der Waals surface area contributed by atoms with Crippen molar-refractivity contribution < 1.29 is 4.74 Å². The van der Waals surface area contributed by atoms with E-state index in [-0.39, 0.29) is 5.54 Å². The molecule has 1 aromatic rings. The van der Waals surface area contributed by atoms with Gasteiger partial charge in [-0.25, -0.2) is 4.98 Å². The molecule has 0 unspecified atom stereocenters. The van der Waals surface area contributed by atoms with E-state index in [1.807, 2.05) is 13.0 Å². The molecule has 94 valence electrons. The van der Waals surface area contributed by atoms with Crippen molar-refractivity contribution in [1.29, 1.82) is 0 Å². The van der Waals surface area contributed by atoms with Crippen LogP contribution in [0.5, 0.6) is 5.88 Å². The van der Waals surface area contributed by atoms with Crippen molar-refractivity contribution in [1.82, 2.24) is 9.97 Å². The molecule has 1 fully saturated rings. The molecule has 3 N–H and O–H groups in total. The van der Waals surface area contributed by atoms with Gasteiger partial charge >= 0.3 is 0 Å². The molecule has 1 aliphatic carbocycles. The zero-order chi connectivity index (χ0) is 12.3. The quantitative estimate of drug-likeness (QED) is 0.828. The summed E-state index contributed by atoms with van der Waals surface area (Å²) in [7, 11) is 1.61. The molecule has 1 aromatic heterocycles. The minimum absolute atomic E-state index is 0.00576. The number of rotatable bonds is 4. The molecule has 0 aromatic carbocycles. The van der Waals surface area contributed by atoms with Gasteiger partial charge in [0.05, 0.1) is 12.6 Å². The number of aromatic nitrogens is 2. The third-order valence-corrected chi connectivity index (χ3v) is 3.37. The third-order valence-electron chi connectivity index (χ3n) is 3.37. The standard InChI is InChI=1S/C12H20N4O/c1-9-14-10(7-11(15-9)17-2)16-12(8-13)5-3-4-6-12/h7H,3-6,8,13H2,1-2H3,(H,14,15,16). The molecule has 5 nitrogen and oxygen atoms in total. The predicted octanol–water partition coefficient (Wildman–Crippen LogP) is 1.48. The number of aryl methyl sites for hydroxylation is 1. The maximum absolute atomic E-state index is 5.89. The van der Waals surface area contributed by atoms with E-state index in [9.17, 15) is 0 Å². The Balaban J connectivity index is 2.19. The average Bonchev–Trinajstić information content (AvgIpc) is 2.77. The maximum Gasteiger partial charge on any atom is 0.218 e. The Morgan fingerprint density at radius 1 is 1.41 bits per heavy atom. The highest BCUT2D eigenvalue weighted by atomic mass is 16.5. The molecular weight excluding hydrogens is 216 g/mol. The van der Waals surface area contributed by atoms with Gasteiger partial charge < -0.3 is 15.8 Å². The number of anilines is 1. The van der Waals surface area contributed by atoms with Gasteiger partial charge in [-0.2, -0.15) is 4.98 Å². The Labute approximate surface area is 102 Å². The third kappa shape index (κ3) is 2.66. The number of ether oxygens (including phenoxy) is 1. The molecule has 17 heavy (non-hydrogen) atoms. The van der Waals surface area contributed by atoms with Crippen LogP contribution in [0.3, 0.4) is 0 Å². The molecule has 0 radical (unpaired) electrons. The number of methoxy groups -OCH3 is 1. The number of nitrogens with zero attached hydrogens (tertiary/aromatic N) is 2. The monoisotopic (exact) mass is 236 g/mol. The first kappa shape index (κ1) is 12.1. The molecule has 0 saturated heterocycles. The topological polar surface area (TPSA) is 73.1 Å². The van der Waals surface area contributed by atoms with Crippen LogP contribution in [-0.2, 0) is 0 Å². The van der Waals surface area contributed by atoms with Crippen molar-refractivity contribution in [2.75, 3.05) is 19.0 Å². The van der Waals surface area contributed by atoms with E-state index in [2.05, 4.69) is 15.3 Å². The molecule has 0 atom stereocenters. The van der Waals surface area contributed by atoms with Gasteiger partial charge in [-0.3, -0.25) is 0 Å². The van der Waals surface area contributed by atoms with Crippen LogP contribution in [-0.4, -0.2) is 29.2 Å². The summed E-state index contributed by atoms with van der Waals surface area (Å²) >= 11 is 0. The normalized spacial score (nSPS) is 18.1. The second-order valence-electron chi connectivity index (χ2n) is 4.66. The first-order valence-electron chi connectivity index (χ1n) is 6.05. The van der Waals surface area contributed by atoms with Crippen LogP contribution in [0.1, 0.15) is 31.5 Å². The lowest BCUT2D eigenvalue weighted by molar-refractivity contribution is 0.395. The van der Waals surface area contributed by atoms with Crippen LogP contribution >= 0.6 is 0 Å². The highest BCUT2D eigenvalue weighted by Crippen LogP contribution is 2.32. The summed E-state index contributed by atoms with van der Waals surface area (Å²) in [5.41, 5.74) is 5.89. The highest BCUT2D eigenvalue weighted by molar-refractivity contribution is 5.41. The lowest BCUT2D eigenvalue weighted by Gasteiger charge is -2.29. The van der Waals surface area contributed by atoms with Gasteiger partial charge in [0.2, 0.25) is 5.88 Å². The second kappa shape index (κ2) is 4.87. The van der Waals surface area contributed by atoms with E-state index in [1.165, 1.54) is 12.8 Å². The summed E-state index contributed by atoms with van der Waals surface area (Å²) in [5, 5.41) is 3.46. The van der Waals surface area contributed by atoms with Crippen molar-refractivity contribution in [2.45, 2.75) is 38.1 Å². The summed E-state index contributed by atoms with van der Waals surface area (Å²) in [4.78, 5) is 8.55. The molecule has 0 aliphatic heterocycles. The van der Waals surface area contributed by atoms with Crippen LogP contribution in [0.4, 0.5) is 5.82 Å². The first-order chi connectivity index (χ1) is 8.17. The van der Waals surface area contributed by atoms with E-state index in [0.717, 1.165) is 18.7 Å². The summed E-state index contributed by atoms with van der Waals surface area (Å²) in [6, 6.07) is 1.82. The fourth-order valence-corrected chi connectivity index (χ4v) is 2.41. The Hall–Kier alpha value is -1.36. The number of hydrogen-bond acceptors (Lipinski definition) is 5. The van der Waals surface area contributed by atoms with Crippen molar-refractivity contribution in [2.24, 2.45) is 5.73 Å². The number of nitrogens with one attached hydrogen (secondary N) is 1. The Bertz CT molecular complexity index is 388. The SMILES string of the molecule is COc1cc(NC2(CN)CCCC2)nc(C)n1. The smallest absolute Gasteiger partial charge is 0.218 e. The molecule has 1 heterocycles. The van der Waals surface area contributed by atoms with Gasteiger partial charge in [-0.05, 0) is 19.8 Å². The van der Waals surface area contributed by atoms with Crippen molar-refractivity contribution in [3.8, 4) is 5.88 Å². The zero-order valence-corrected chi connectivity index (χ0v) is 10.5. The average molecular weight is 236 g/mol. The fraction of sp³-hybridized carbons (Fsp3) is 0.667. The second-order valence-corrected chi connectivity index (χ2v) is 4.66. The van der Waals surface area contributed by atoms with Crippen molar-refractivity contribution in [3.63, 3.8) is 0 Å². The molecule has 1 saturated carbocycles. The van der Waals surface area contributed by atoms with Crippen LogP contribution in [0.15, 0.2) is 6.07 Å². The molecule has 0 spiro atoms. The minimum atomic E-state index is 0.00576. The maximum atomic E-state index is 5.89. The fourth-order valence-electron chi connectivity index (χ4n) is 2.41. The van der Waals surface area contributed by atoms with Gasteiger partial charge in [-0.15, -0.1) is 0 Å². The Morgan fingerprint density at radius 2 is 2.12 bits per heavy atom. The van der Waals surface area contributed by atoms with Gasteiger partial charge in [-0.1, -0.05) is 12.8 Å². The largest absolute Gasteiger partial charge is 0.481 e. The van der Waals surface area contributed by atoms with E-state index in [0.29, 0.717) is 18.2 Å². The molecule has 0 bridgehead atoms. The van der Waals surface area contributed by atoms with Crippen LogP contribution in [0.2, 0.25) is 0 Å². The van der Waals surface area contributed by atoms with E-state index >= 15 is 0 Å². The number of hydrogen-bond donors (Lipinski definition) is 2. The van der Waals surface area contributed by atoms with E-state index in [1.54, 1.807) is 7.11 Å². The van der Waals surface area contributed by atoms with Gasteiger partial charge in [0.1, 0.15) is 11.6 Å². The van der Waals surface area contributed by atoms with Gasteiger partial charge in [0.15, 0.2) is 0 Å². The number of nitrogens with two attached hydrogens (primary N) is 1. The molecular formula is C12H20N4O. The van der Waals surface area contributed by atoms with E-state index < -0.39 is 0 Å². The van der Waals surface area contributed by atoms with Crippen molar-refractivity contribution in [3.05, 3.63) is 11.9 Å². The molecule has 2 rings (SSSR count). The van der Waals surface area contributed by atoms with Gasteiger partial charge in [0, 0.05) is 12.6 Å². The summed E-state index contributed by atoms with van der Waals surface area (Å²) in [6.07, 6.45) is 4.67. The zero-order valence-electron chi connectivity index (χ0n) is 10.5. The molecule has 0 amide bonds. The summed E-state index contributed by atoms with van der Waals surface area (Å²) < 4.78 is 5.14. The Kier molecular flexibility index (Phi) is 3.47. The minimum Gasteiger partial charge on any atom is -0.481 e. The first-order valence-corrected chi connectivity index (χ1v) is 6.05. The van der Waals surface area contributed by atoms with Crippen LogP contribution < -0.4 is 15.8 Å². The van der Waals surface area contributed by atoms with Crippen LogP contribution in [0.25, 0.3) is 0 Å². The Morgan fingerprint density at radius 3 is 2.71 bits per heavy atom. The highest BCUT2D eigenvalue weighted by Gasteiger charge is 2.32. The van der Waals surface area contributed by atoms with Crippen LogP contribution in [0, 0.1) is 6.92 Å². The summed E-state index contributed by atoms with van der Waals surface area (Å²) in [6.45, 7) is 2.50. The van der Waals surface area contributed by atoms with E-state index in [4.69, 9.17) is 10.5 Å². The van der Waals surface area contributed by atoms with Crippen molar-refractivity contribution >= 4 is 5.82 Å². The predicted molar refractivity (Wildman–Crippen MR) is 67.2 cm³/mol. The molecule has 5 heteroatoms. The summed E-state index contributed by atoms with van der Waals surface area (Å²) in [5.74, 6) is 2.10.